The first-order valence-corrected chi connectivity index (χ1v) is 11.6. The van der Waals surface area contributed by atoms with Crippen LogP contribution in [0.2, 0.25) is 0 Å². The van der Waals surface area contributed by atoms with E-state index in [1.165, 1.54) is 5.56 Å². The molecule has 0 radical (unpaired) electrons. The van der Waals surface area contributed by atoms with Crippen LogP contribution < -0.4 is 9.47 Å². The summed E-state index contributed by atoms with van der Waals surface area (Å²) in [4.78, 5) is 16.9. The minimum absolute atomic E-state index is 0.0702. The zero-order valence-electron chi connectivity index (χ0n) is 20.0. The zero-order valence-corrected chi connectivity index (χ0v) is 20.0. The lowest BCUT2D eigenvalue weighted by Gasteiger charge is -2.35. The predicted octanol–water partition coefficient (Wildman–Crippen LogP) is 3.74. The Hall–Kier alpha value is -2.83. The zero-order chi connectivity index (χ0) is 23.8. The van der Waals surface area contributed by atoms with Crippen molar-refractivity contribution in [2.45, 2.75) is 32.3 Å². The Kier molecular flexibility index (Phi) is 8.92. The molecule has 0 saturated carbocycles. The van der Waals surface area contributed by atoms with Crippen molar-refractivity contribution in [2.24, 2.45) is 0 Å². The standard InChI is InChI=1S/C27H36N2O4/c1-5-6-21-7-12-25(26(17-21)32-4)33-19-24(30)18-28-13-15-29(16-14-28)27(31)23-10-8-22(9-11-23)20(2)3/h5,7-12,17,20,24,30H,1,6,13-16,18-19H2,2-4H3. The number of methoxy groups -OCH3 is 1. The number of amides is 1. The van der Waals surface area contributed by atoms with Gasteiger partial charge in [-0.1, -0.05) is 38.1 Å². The molecule has 1 fully saturated rings. The highest BCUT2D eigenvalue weighted by molar-refractivity contribution is 5.94. The molecule has 2 aromatic carbocycles. The van der Waals surface area contributed by atoms with Crippen LogP contribution in [0.15, 0.2) is 55.1 Å². The van der Waals surface area contributed by atoms with E-state index < -0.39 is 6.10 Å². The first kappa shape index (κ1) is 24.8. The van der Waals surface area contributed by atoms with Crippen LogP contribution in [-0.4, -0.2) is 73.4 Å². The molecule has 2 aromatic rings. The number of piperazine rings is 1. The van der Waals surface area contributed by atoms with Gasteiger partial charge in [0.05, 0.1) is 7.11 Å². The fourth-order valence-corrected chi connectivity index (χ4v) is 3.99. The van der Waals surface area contributed by atoms with Crippen molar-refractivity contribution in [1.29, 1.82) is 0 Å². The maximum Gasteiger partial charge on any atom is 0.253 e. The number of allylic oxidation sites excluding steroid dienone is 1. The van der Waals surface area contributed by atoms with Gasteiger partial charge in [0.25, 0.3) is 5.91 Å². The Morgan fingerprint density at radius 2 is 1.79 bits per heavy atom. The van der Waals surface area contributed by atoms with Crippen molar-refractivity contribution >= 4 is 5.91 Å². The first-order valence-electron chi connectivity index (χ1n) is 11.6. The van der Waals surface area contributed by atoms with Gasteiger partial charge in [-0.2, -0.15) is 0 Å². The molecule has 178 valence electrons. The van der Waals surface area contributed by atoms with Gasteiger partial charge in [0.15, 0.2) is 11.5 Å². The van der Waals surface area contributed by atoms with Crippen LogP contribution in [0.4, 0.5) is 0 Å². The Bertz CT molecular complexity index is 918. The predicted molar refractivity (Wildman–Crippen MR) is 131 cm³/mol. The highest BCUT2D eigenvalue weighted by Crippen LogP contribution is 2.28. The average Bonchev–Trinajstić information content (AvgIpc) is 2.83. The van der Waals surface area contributed by atoms with Gasteiger partial charge in [-0.05, 0) is 47.7 Å². The van der Waals surface area contributed by atoms with Crippen LogP contribution in [-0.2, 0) is 6.42 Å². The number of hydrogen-bond donors (Lipinski definition) is 1. The molecule has 33 heavy (non-hydrogen) atoms. The number of carbonyl (C=O) groups excluding carboxylic acids is 1. The van der Waals surface area contributed by atoms with E-state index in [1.54, 1.807) is 7.11 Å². The Morgan fingerprint density at radius 3 is 2.39 bits per heavy atom. The number of aliphatic hydroxyl groups is 1. The average molecular weight is 453 g/mol. The third kappa shape index (κ3) is 6.83. The van der Waals surface area contributed by atoms with Crippen LogP contribution in [0, 0.1) is 0 Å². The molecule has 1 N–H and O–H groups in total. The monoisotopic (exact) mass is 452 g/mol. The van der Waals surface area contributed by atoms with E-state index in [1.807, 2.05) is 53.4 Å². The van der Waals surface area contributed by atoms with E-state index in [2.05, 4.69) is 25.3 Å². The SMILES string of the molecule is C=CCc1ccc(OCC(O)CN2CCN(C(=O)c3ccc(C(C)C)cc3)CC2)c(OC)c1. The Morgan fingerprint density at radius 1 is 1.09 bits per heavy atom. The first-order chi connectivity index (χ1) is 15.9. The molecule has 0 aromatic heterocycles. The molecule has 0 aliphatic carbocycles. The molecule has 1 aliphatic heterocycles. The Balaban J connectivity index is 1.45. The largest absolute Gasteiger partial charge is 0.493 e. The quantitative estimate of drug-likeness (QED) is 0.557. The second kappa shape index (κ2) is 11.9. The molecule has 1 aliphatic rings. The van der Waals surface area contributed by atoms with Crippen LogP contribution in [0.5, 0.6) is 11.5 Å². The van der Waals surface area contributed by atoms with Gasteiger partial charge in [0.1, 0.15) is 12.7 Å². The molecule has 6 heteroatoms. The minimum Gasteiger partial charge on any atom is -0.493 e. The molecule has 0 spiro atoms. The fourth-order valence-electron chi connectivity index (χ4n) is 3.99. The van der Waals surface area contributed by atoms with Crippen molar-refractivity contribution in [1.82, 2.24) is 9.80 Å². The number of β-amino-alcohol motifs (C(OH)–C–C–N with tert-alkyl or cyclic N) is 1. The molecule has 1 heterocycles. The summed E-state index contributed by atoms with van der Waals surface area (Å²) in [6, 6.07) is 13.7. The summed E-state index contributed by atoms with van der Waals surface area (Å²) in [7, 11) is 1.61. The molecular formula is C27H36N2O4. The van der Waals surface area contributed by atoms with Crippen molar-refractivity contribution in [2.75, 3.05) is 46.4 Å². The number of carbonyl (C=O) groups is 1. The van der Waals surface area contributed by atoms with Crippen molar-refractivity contribution in [3.8, 4) is 11.5 Å². The minimum atomic E-state index is -0.631. The number of rotatable bonds is 10. The maximum atomic E-state index is 12.8. The highest BCUT2D eigenvalue weighted by Gasteiger charge is 2.24. The lowest BCUT2D eigenvalue weighted by Crippen LogP contribution is -2.51. The third-order valence-corrected chi connectivity index (χ3v) is 5.99. The highest BCUT2D eigenvalue weighted by atomic mass is 16.5. The number of aliphatic hydroxyl groups excluding tert-OH is 1. The van der Waals surface area contributed by atoms with E-state index in [9.17, 15) is 9.90 Å². The smallest absolute Gasteiger partial charge is 0.253 e. The summed E-state index contributed by atoms with van der Waals surface area (Å²) in [5, 5.41) is 10.5. The van der Waals surface area contributed by atoms with E-state index in [0.717, 1.165) is 30.6 Å². The fraction of sp³-hybridized carbons (Fsp3) is 0.444. The maximum absolute atomic E-state index is 12.8. The molecular weight excluding hydrogens is 416 g/mol. The summed E-state index contributed by atoms with van der Waals surface area (Å²) in [6.45, 7) is 11.5. The van der Waals surface area contributed by atoms with Gasteiger partial charge < -0.3 is 19.5 Å². The second-order valence-electron chi connectivity index (χ2n) is 8.81. The molecule has 1 saturated heterocycles. The molecule has 1 unspecified atom stereocenters. The molecule has 0 bridgehead atoms. The van der Waals surface area contributed by atoms with Crippen molar-refractivity contribution < 1.29 is 19.4 Å². The normalized spacial score (nSPS) is 15.4. The van der Waals surface area contributed by atoms with Gasteiger partial charge in [-0.25, -0.2) is 0 Å². The van der Waals surface area contributed by atoms with E-state index in [-0.39, 0.29) is 12.5 Å². The summed E-state index contributed by atoms with van der Waals surface area (Å²) in [6.07, 6.45) is 1.97. The lowest BCUT2D eigenvalue weighted by atomic mass is 10.0. The Labute approximate surface area is 197 Å². The summed E-state index contributed by atoms with van der Waals surface area (Å²) in [5.74, 6) is 1.78. The van der Waals surface area contributed by atoms with Gasteiger partial charge in [0.2, 0.25) is 0 Å². The third-order valence-electron chi connectivity index (χ3n) is 5.99. The van der Waals surface area contributed by atoms with E-state index in [4.69, 9.17) is 9.47 Å². The van der Waals surface area contributed by atoms with Gasteiger partial charge >= 0.3 is 0 Å². The van der Waals surface area contributed by atoms with Gasteiger partial charge in [-0.3, -0.25) is 9.69 Å². The van der Waals surface area contributed by atoms with Gasteiger partial charge in [0, 0.05) is 38.3 Å². The van der Waals surface area contributed by atoms with Crippen LogP contribution in [0.3, 0.4) is 0 Å². The summed E-state index contributed by atoms with van der Waals surface area (Å²) >= 11 is 0. The molecule has 1 atom stereocenters. The van der Waals surface area contributed by atoms with Crippen molar-refractivity contribution in [3.05, 3.63) is 71.8 Å². The topological polar surface area (TPSA) is 62.2 Å². The number of hydrogen-bond acceptors (Lipinski definition) is 5. The summed E-state index contributed by atoms with van der Waals surface area (Å²) in [5.41, 5.74) is 3.06. The number of benzene rings is 2. The van der Waals surface area contributed by atoms with Gasteiger partial charge in [-0.15, -0.1) is 6.58 Å². The lowest BCUT2D eigenvalue weighted by molar-refractivity contribution is 0.0400. The number of ether oxygens (including phenoxy) is 2. The summed E-state index contributed by atoms with van der Waals surface area (Å²) < 4.78 is 11.2. The number of nitrogens with zero attached hydrogens (tertiary/aromatic N) is 2. The molecule has 1 amide bonds. The van der Waals surface area contributed by atoms with E-state index in [0.29, 0.717) is 37.1 Å². The van der Waals surface area contributed by atoms with E-state index >= 15 is 0 Å². The molecule has 6 nitrogen and oxygen atoms in total. The van der Waals surface area contributed by atoms with Crippen LogP contribution in [0.1, 0.15) is 41.3 Å². The second-order valence-corrected chi connectivity index (χ2v) is 8.81. The molecule has 3 rings (SSSR count). The van der Waals surface area contributed by atoms with Crippen molar-refractivity contribution in [3.63, 3.8) is 0 Å². The van der Waals surface area contributed by atoms with Crippen LogP contribution in [0.25, 0.3) is 0 Å². The van der Waals surface area contributed by atoms with Crippen LogP contribution >= 0.6 is 0 Å².